The molecule has 5 heteroatoms. The zero-order valence-electron chi connectivity index (χ0n) is 10.7. The standard InChI is InChI=1S/C14H16N2O2S/c1-16(8-12-9-19-10-15-12)7-6-11-4-2-3-5-13(11)14(17)18/h2-5,9-10H,6-8H2,1H3,(H,17,18). The first-order valence-electron chi connectivity index (χ1n) is 6.03. The Kier molecular flexibility index (Phi) is 4.65. The Balaban J connectivity index is 1.93. The van der Waals surface area contributed by atoms with Gasteiger partial charge in [0.05, 0.1) is 16.8 Å². The molecule has 0 radical (unpaired) electrons. The summed E-state index contributed by atoms with van der Waals surface area (Å²) in [4.78, 5) is 17.5. The van der Waals surface area contributed by atoms with Gasteiger partial charge in [0.1, 0.15) is 0 Å². The maximum Gasteiger partial charge on any atom is 0.335 e. The Bertz CT molecular complexity index is 540. The lowest BCUT2D eigenvalue weighted by molar-refractivity contribution is 0.0695. The smallest absolute Gasteiger partial charge is 0.335 e. The zero-order valence-corrected chi connectivity index (χ0v) is 11.6. The van der Waals surface area contributed by atoms with Crippen molar-refractivity contribution in [1.82, 2.24) is 9.88 Å². The third-order valence-electron chi connectivity index (χ3n) is 2.93. The van der Waals surface area contributed by atoms with E-state index in [9.17, 15) is 4.79 Å². The number of carboxylic acid groups (broad SMARTS) is 1. The Morgan fingerprint density at radius 3 is 2.89 bits per heavy atom. The second kappa shape index (κ2) is 6.45. The molecule has 1 heterocycles. The fraction of sp³-hybridized carbons (Fsp3) is 0.286. The predicted molar refractivity (Wildman–Crippen MR) is 75.6 cm³/mol. The van der Waals surface area contributed by atoms with Gasteiger partial charge in [-0.1, -0.05) is 18.2 Å². The van der Waals surface area contributed by atoms with Crippen molar-refractivity contribution >= 4 is 17.3 Å². The van der Waals surface area contributed by atoms with E-state index in [1.165, 1.54) is 0 Å². The van der Waals surface area contributed by atoms with E-state index in [1.807, 2.05) is 30.1 Å². The quantitative estimate of drug-likeness (QED) is 0.881. The second-order valence-electron chi connectivity index (χ2n) is 4.43. The van der Waals surface area contributed by atoms with Crippen LogP contribution in [0.15, 0.2) is 35.2 Å². The maximum absolute atomic E-state index is 11.1. The molecule has 0 aliphatic rings. The molecule has 2 rings (SSSR count). The molecular weight excluding hydrogens is 260 g/mol. The van der Waals surface area contributed by atoms with Crippen molar-refractivity contribution in [2.75, 3.05) is 13.6 Å². The Morgan fingerprint density at radius 2 is 2.21 bits per heavy atom. The number of rotatable bonds is 6. The lowest BCUT2D eigenvalue weighted by Gasteiger charge is -2.15. The van der Waals surface area contributed by atoms with Crippen molar-refractivity contribution in [2.45, 2.75) is 13.0 Å². The first-order chi connectivity index (χ1) is 9.16. The van der Waals surface area contributed by atoms with Crippen LogP contribution in [-0.2, 0) is 13.0 Å². The minimum Gasteiger partial charge on any atom is -0.478 e. The highest BCUT2D eigenvalue weighted by molar-refractivity contribution is 7.07. The largest absolute Gasteiger partial charge is 0.478 e. The van der Waals surface area contributed by atoms with Crippen LogP contribution in [0.2, 0.25) is 0 Å². The molecule has 100 valence electrons. The molecule has 4 nitrogen and oxygen atoms in total. The average Bonchev–Trinajstić information content (AvgIpc) is 2.89. The highest BCUT2D eigenvalue weighted by Gasteiger charge is 2.10. The number of benzene rings is 1. The molecule has 1 aromatic carbocycles. The summed E-state index contributed by atoms with van der Waals surface area (Å²) >= 11 is 1.59. The summed E-state index contributed by atoms with van der Waals surface area (Å²) in [5.41, 5.74) is 4.15. The van der Waals surface area contributed by atoms with Crippen LogP contribution in [0.3, 0.4) is 0 Å². The third kappa shape index (κ3) is 3.87. The molecular formula is C14H16N2O2S. The summed E-state index contributed by atoms with van der Waals surface area (Å²) < 4.78 is 0. The number of aromatic nitrogens is 1. The van der Waals surface area contributed by atoms with Gasteiger partial charge in [-0.2, -0.15) is 0 Å². The van der Waals surface area contributed by atoms with E-state index < -0.39 is 5.97 Å². The molecule has 0 aliphatic heterocycles. The van der Waals surface area contributed by atoms with Crippen LogP contribution in [0.4, 0.5) is 0 Å². The lowest BCUT2D eigenvalue weighted by atomic mass is 10.0. The molecule has 0 bridgehead atoms. The number of thiazole rings is 1. The fourth-order valence-corrected chi connectivity index (χ4v) is 2.48. The van der Waals surface area contributed by atoms with Crippen molar-refractivity contribution < 1.29 is 9.90 Å². The van der Waals surface area contributed by atoms with E-state index in [1.54, 1.807) is 23.5 Å². The summed E-state index contributed by atoms with van der Waals surface area (Å²) in [6.07, 6.45) is 0.725. The van der Waals surface area contributed by atoms with Crippen LogP contribution >= 0.6 is 11.3 Å². The Hall–Kier alpha value is -1.72. The second-order valence-corrected chi connectivity index (χ2v) is 5.15. The molecule has 0 amide bonds. The number of nitrogens with zero attached hydrogens (tertiary/aromatic N) is 2. The average molecular weight is 276 g/mol. The third-order valence-corrected chi connectivity index (χ3v) is 3.56. The van der Waals surface area contributed by atoms with Crippen LogP contribution in [0, 0.1) is 0 Å². The Labute approximate surface area is 116 Å². The fourth-order valence-electron chi connectivity index (χ4n) is 1.93. The molecule has 1 aromatic heterocycles. The maximum atomic E-state index is 11.1. The van der Waals surface area contributed by atoms with Gasteiger partial charge in [0.25, 0.3) is 0 Å². The molecule has 0 fully saturated rings. The summed E-state index contributed by atoms with van der Waals surface area (Å²) in [6, 6.07) is 7.16. The van der Waals surface area contributed by atoms with Crippen molar-refractivity contribution in [3.8, 4) is 0 Å². The van der Waals surface area contributed by atoms with Crippen molar-refractivity contribution in [3.63, 3.8) is 0 Å². The minimum absolute atomic E-state index is 0.393. The van der Waals surface area contributed by atoms with Gasteiger partial charge in [-0.15, -0.1) is 11.3 Å². The van der Waals surface area contributed by atoms with Crippen LogP contribution in [0.1, 0.15) is 21.6 Å². The predicted octanol–water partition coefficient (Wildman–Crippen LogP) is 2.52. The van der Waals surface area contributed by atoms with Gasteiger partial charge in [-0.05, 0) is 25.1 Å². The monoisotopic (exact) mass is 276 g/mol. The van der Waals surface area contributed by atoms with E-state index in [0.29, 0.717) is 5.56 Å². The minimum atomic E-state index is -0.863. The number of aromatic carboxylic acids is 1. The van der Waals surface area contributed by atoms with E-state index in [2.05, 4.69) is 9.88 Å². The topological polar surface area (TPSA) is 53.4 Å². The first kappa shape index (κ1) is 13.7. The van der Waals surface area contributed by atoms with Crippen molar-refractivity contribution in [2.24, 2.45) is 0 Å². The summed E-state index contributed by atoms with van der Waals surface area (Å²) in [5.74, 6) is -0.863. The van der Waals surface area contributed by atoms with Gasteiger partial charge >= 0.3 is 5.97 Å². The van der Waals surface area contributed by atoms with E-state index in [0.717, 1.165) is 30.8 Å². The summed E-state index contributed by atoms with van der Waals surface area (Å²) in [7, 11) is 2.02. The molecule has 2 aromatic rings. The molecule has 0 spiro atoms. The highest BCUT2D eigenvalue weighted by Crippen LogP contribution is 2.11. The van der Waals surface area contributed by atoms with Gasteiger partial charge in [-0.25, -0.2) is 9.78 Å². The van der Waals surface area contributed by atoms with Crippen LogP contribution in [0.25, 0.3) is 0 Å². The molecule has 19 heavy (non-hydrogen) atoms. The van der Waals surface area contributed by atoms with Crippen molar-refractivity contribution in [1.29, 1.82) is 0 Å². The van der Waals surface area contributed by atoms with Crippen molar-refractivity contribution in [3.05, 3.63) is 52.0 Å². The number of hydrogen-bond acceptors (Lipinski definition) is 4. The molecule has 0 unspecified atom stereocenters. The first-order valence-corrected chi connectivity index (χ1v) is 6.98. The normalized spacial score (nSPS) is 10.8. The van der Waals surface area contributed by atoms with Gasteiger partial charge < -0.3 is 10.0 Å². The highest BCUT2D eigenvalue weighted by atomic mass is 32.1. The molecule has 0 atom stereocenters. The summed E-state index contributed by atoms with van der Waals surface area (Å²) in [5, 5.41) is 11.1. The SMILES string of the molecule is CN(CCc1ccccc1C(=O)O)Cc1cscn1. The van der Waals surface area contributed by atoms with Gasteiger partial charge in [0.2, 0.25) is 0 Å². The lowest BCUT2D eigenvalue weighted by Crippen LogP contribution is -2.21. The zero-order chi connectivity index (χ0) is 13.7. The van der Waals surface area contributed by atoms with E-state index in [4.69, 9.17) is 5.11 Å². The number of carboxylic acids is 1. The van der Waals surface area contributed by atoms with Crippen LogP contribution in [-0.4, -0.2) is 34.6 Å². The van der Waals surface area contributed by atoms with E-state index >= 15 is 0 Å². The molecule has 0 saturated heterocycles. The number of likely N-dealkylation sites (N-methyl/N-ethyl adjacent to an activating group) is 1. The van der Waals surface area contributed by atoms with Crippen LogP contribution in [0.5, 0.6) is 0 Å². The van der Waals surface area contributed by atoms with Gasteiger partial charge in [0.15, 0.2) is 0 Å². The number of hydrogen-bond donors (Lipinski definition) is 1. The Morgan fingerprint density at radius 1 is 1.42 bits per heavy atom. The number of carbonyl (C=O) groups is 1. The molecule has 0 aliphatic carbocycles. The van der Waals surface area contributed by atoms with E-state index in [-0.39, 0.29) is 0 Å². The van der Waals surface area contributed by atoms with Crippen LogP contribution < -0.4 is 0 Å². The van der Waals surface area contributed by atoms with Gasteiger partial charge in [0, 0.05) is 18.5 Å². The molecule has 0 saturated carbocycles. The van der Waals surface area contributed by atoms with Gasteiger partial charge in [-0.3, -0.25) is 0 Å². The molecule has 1 N–H and O–H groups in total. The summed E-state index contributed by atoms with van der Waals surface area (Å²) in [6.45, 7) is 1.60.